The smallest absolute Gasteiger partial charge is 0.318 e. The molecule has 6 saturated heterocycles. The molecular formula is C99H109Cl3F3N21O7. The van der Waals surface area contributed by atoms with Crippen LogP contribution in [0, 0.1) is 19.7 Å². The normalized spacial score (nSPS) is 20.6. The van der Waals surface area contributed by atoms with E-state index in [9.17, 15) is 27.6 Å². The van der Waals surface area contributed by atoms with Crippen molar-refractivity contribution in [2.45, 2.75) is 120 Å². The Morgan fingerprint density at radius 3 is 1.17 bits per heavy atom. The van der Waals surface area contributed by atoms with E-state index in [1.165, 1.54) is 53.2 Å². The lowest BCUT2D eigenvalue weighted by Gasteiger charge is -2.41. The van der Waals surface area contributed by atoms with Crippen molar-refractivity contribution in [3.05, 3.63) is 230 Å². The van der Waals surface area contributed by atoms with Crippen LogP contribution in [0.2, 0.25) is 15.1 Å². The summed E-state index contributed by atoms with van der Waals surface area (Å²) in [6, 6.07) is 37.0. The molecule has 19 rings (SSSR count). The molecule has 1 aliphatic carbocycles. The average Bonchev–Trinajstić information content (AvgIpc) is 1.44. The van der Waals surface area contributed by atoms with Crippen LogP contribution in [-0.4, -0.2) is 284 Å². The predicted octanol–water partition coefficient (Wildman–Crippen LogP) is 14.4. The van der Waals surface area contributed by atoms with Crippen LogP contribution in [0.15, 0.2) is 146 Å². The molecule has 0 radical (unpaired) electrons. The first kappa shape index (κ1) is 93.0. The number of benzene rings is 6. The minimum Gasteiger partial charge on any atom is -0.462 e. The molecule has 133 heavy (non-hydrogen) atoms. The Kier molecular flexibility index (Phi) is 29.5. The van der Waals surface area contributed by atoms with E-state index in [1.54, 1.807) is 0 Å². The molecule has 12 heterocycles. The minimum atomic E-state index is -1.02. The number of aromatic nitrogens is 6. The van der Waals surface area contributed by atoms with Crippen LogP contribution in [0.3, 0.4) is 0 Å². The van der Waals surface area contributed by atoms with Gasteiger partial charge in [0, 0.05) is 167 Å². The molecule has 2 unspecified atom stereocenters. The van der Waals surface area contributed by atoms with Crippen molar-refractivity contribution in [3.8, 4) is 18.0 Å². The average molecular weight is 1870 g/mol. The van der Waals surface area contributed by atoms with Crippen LogP contribution in [-0.2, 0) is 58.0 Å². The van der Waals surface area contributed by atoms with Gasteiger partial charge in [-0.1, -0.05) is 140 Å². The summed E-state index contributed by atoms with van der Waals surface area (Å²) in [7, 11) is 2.05. The Balaban J connectivity index is 0.000000139. The van der Waals surface area contributed by atoms with Gasteiger partial charge < -0.3 is 82.5 Å². The van der Waals surface area contributed by atoms with E-state index in [4.69, 9.17) is 103 Å². The monoisotopic (exact) mass is 1870 g/mol. The number of morpholine rings is 1. The molecular weight excluding hydrogens is 1760 g/mol. The van der Waals surface area contributed by atoms with Crippen LogP contribution < -0.4 is 43.6 Å². The second-order valence-corrected chi connectivity index (χ2v) is 36.8. The molecule has 0 bridgehead atoms. The van der Waals surface area contributed by atoms with Crippen LogP contribution in [0.4, 0.5) is 47.7 Å². The van der Waals surface area contributed by atoms with Crippen molar-refractivity contribution in [2.75, 3.05) is 200 Å². The second kappa shape index (κ2) is 42.2. The molecule has 3 aromatic heterocycles. The number of carbonyl (C=O) groups is 3. The van der Waals surface area contributed by atoms with E-state index in [0.29, 0.717) is 144 Å². The number of hydrogen-bond acceptors (Lipinski definition) is 22. The van der Waals surface area contributed by atoms with Gasteiger partial charge in [0.25, 0.3) is 17.7 Å². The number of carbonyl (C=O) groups excluding carboxylic acids is 3. The van der Waals surface area contributed by atoms with E-state index in [1.807, 2.05) is 42.5 Å². The summed E-state index contributed by atoms with van der Waals surface area (Å²) in [5.74, 6) is -3.05. The third kappa shape index (κ3) is 21.1. The van der Waals surface area contributed by atoms with Gasteiger partial charge in [-0.25, -0.2) is 32.9 Å². The van der Waals surface area contributed by atoms with Gasteiger partial charge in [-0.2, -0.15) is 29.9 Å². The van der Waals surface area contributed by atoms with E-state index in [-0.39, 0.29) is 51.4 Å². The summed E-state index contributed by atoms with van der Waals surface area (Å²) in [4.78, 5) is 102. The molecule has 0 N–H and O–H groups in total. The zero-order valence-corrected chi connectivity index (χ0v) is 77.1. The number of piperazine rings is 3. The van der Waals surface area contributed by atoms with Crippen LogP contribution in [0.5, 0.6) is 18.0 Å². The first-order chi connectivity index (χ1) is 64.6. The lowest BCUT2D eigenvalue weighted by atomic mass is 10.0. The lowest BCUT2D eigenvalue weighted by molar-refractivity contribution is -0.131. The molecule has 9 aromatic rings. The number of anilines is 6. The van der Waals surface area contributed by atoms with Crippen LogP contribution >= 0.6 is 34.8 Å². The molecule has 5 atom stereocenters. The molecule has 10 aliphatic rings. The first-order valence-corrected chi connectivity index (χ1v) is 47.1. The van der Waals surface area contributed by atoms with Gasteiger partial charge in [-0.3, -0.25) is 24.2 Å². The van der Waals surface area contributed by atoms with Crippen molar-refractivity contribution in [1.29, 1.82) is 0 Å². The Hall–Kier alpha value is -11.9. The van der Waals surface area contributed by atoms with Crippen molar-refractivity contribution < 1.29 is 46.5 Å². The standard InChI is InChI=1S/C34H39ClFN7O2.C33H35ClFN7O2.C32H35ClFN7O3/c1-24(36)33(44)43-18-17-42(22-26(43)21-37-2)32-27-13-16-41(30-12-8-10-25-9-7-11-28(35)31(25)30)23-29(27)38-34(39-32)45-20-19-40-14-5-3-4-6-15-40;1-21(35)32(43)42-16-15-40(18-25(42)17-36-2)31-26-12-13-39(29-8-4-6-22-5-3-7-27(34)30(22)29)19-28(26)37-33(38-31)44-20-24-11-14-41(24)23-9-10-23;1-21(34)31(42)41-13-12-40(17-23(41)16-35-2)30-25-10-11-39(28-9-5-7-22-6-4-8-26(33)29(22)28)19-27(25)36-32(37-30)44-20-24-18-38(3)14-15-43-24/h7-12,26H,1,3-6,13-23H2;3-8,23-25H,1,9-20H2;4-9,23-24H,1,10-20H2,3H3/t26-;24?,25-;23-,24?/m000/s1. The number of nitrogens with zero attached hydrogens (tertiary/aromatic N) is 21. The molecule has 3 amide bonds. The maximum atomic E-state index is 13.8. The van der Waals surface area contributed by atoms with Gasteiger partial charge in [-0.05, 0) is 124 Å². The predicted molar refractivity (Wildman–Crippen MR) is 512 cm³/mol. The number of likely N-dealkylation sites (N-methyl/N-ethyl adjacent to an activating group) is 1. The second-order valence-electron chi connectivity index (χ2n) is 35.5. The highest BCUT2D eigenvalue weighted by Crippen LogP contribution is 2.44. The Morgan fingerprint density at radius 2 is 0.812 bits per heavy atom. The summed E-state index contributed by atoms with van der Waals surface area (Å²) < 4.78 is 66.1. The number of rotatable bonds is 23. The fourth-order valence-corrected chi connectivity index (χ4v) is 20.9. The highest BCUT2D eigenvalue weighted by molar-refractivity contribution is 6.37. The third-order valence-electron chi connectivity index (χ3n) is 27.0. The summed E-state index contributed by atoms with van der Waals surface area (Å²) in [5.41, 5.74) is 8.87. The number of fused-ring (bicyclic) bond motifs is 6. The lowest BCUT2D eigenvalue weighted by Crippen LogP contribution is -2.57. The number of halogens is 6. The Labute approximate surface area is 788 Å². The molecule has 7 fully saturated rings. The quantitative estimate of drug-likeness (QED) is 0.0429. The van der Waals surface area contributed by atoms with Crippen LogP contribution in [0.25, 0.3) is 46.9 Å². The van der Waals surface area contributed by atoms with E-state index in [0.717, 1.165) is 166 Å². The number of ether oxygens (including phenoxy) is 4. The maximum Gasteiger partial charge on any atom is 0.318 e. The molecule has 1 saturated carbocycles. The Bertz CT molecular complexity index is 5780. The van der Waals surface area contributed by atoms with Crippen molar-refractivity contribution >= 4 is 119 Å². The SMILES string of the molecule is [C-]#[N+]C[C@H]1CN(c2nc(OCC3CCN3C3CC3)nc3c2CCN(c2cccc4cccc(Cl)c24)C3)CCN1C(=O)C(=C)F.[C-]#[N+]C[C@H]1CN(c2nc(OCC3CN(C)CCO3)nc3c2CCN(c2cccc4cccc(Cl)c24)C3)CCN1C(=O)C(=C)F.[C-]#[N+]C[C@H]1CN(c2nc(OCCN3CCCCCC3)nc3c2CCN(c2cccc4cccc(Cl)c24)C3)CCN1C(=O)C(=C)F. The topological polar surface area (TPSA) is 217 Å². The van der Waals surface area contributed by atoms with E-state index < -0.39 is 53.3 Å². The van der Waals surface area contributed by atoms with Gasteiger partial charge in [0.15, 0.2) is 17.5 Å². The molecule has 0 spiro atoms. The summed E-state index contributed by atoms with van der Waals surface area (Å²) in [6.45, 7) is 46.9. The largest absolute Gasteiger partial charge is 0.462 e. The molecule has 694 valence electrons. The highest BCUT2D eigenvalue weighted by Gasteiger charge is 2.44. The molecule has 9 aliphatic heterocycles. The summed E-state index contributed by atoms with van der Waals surface area (Å²) >= 11 is 20.1. The van der Waals surface area contributed by atoms with Crippen LogP contribution in [0.1, 0.15) is 78.7 Å². The Morgan fingerprint density at radius 1 is 0.436 bits per heavy atom. The molecule has 6 aromatic carbocycles. The third-order valence-corrected chi connectivity index (χ3v) is 28.0. The van der Waals surface area contributed by atoms with Crippen molar-refractivity contribution in [1.82, 2.24) is 59.3 Å². The zero-order valence-electron chi connectivity index (χ0n) is 74.9. The van der Waals surface area contributed by atoms with Gasteiger partial charge in [-0.15, -0.1) is 0 Å². The first-order valence-electron chi connectivity index (χ1n) is 46.0. The van der Waals surface area contributed by atoms with Crippen molar-refractivity contribution in [2.24, 2.45) is 0 Å². The van der Waals surface area contributed by atoms with E-state index in [2.05, 4.69) is 152 Å². The van der Waals surface area contributed by atoms with Gasteiger partial charge in [0.1, 0.15) is 61.5 Å². The fraction of sp³-hybridized carbons (Fsp3) is 0.455. The zero-order chi connectivity index (χ0) is 92.5. The van der Waals surface area contributed by atoms with Gasteiger partial charge in [0.2, 0.25) is 19.6 Å². The summed E-state index contributed by atoms with van der Waals surface area (Å²) in [6.07, 6.45) is 10.6. The highest BCUT2D eigenvalue weighted by atomic mass is 35.5. The maximum absolute atomic E-state index is 13.8. The number of amides is 3. The molecule has 28 nitrogen and oxygen atoms in total. The molecule has 34 heteroatoms. The number of likely N-dealkylation sites (tertiary alicyclic amines) is 2. The van der Waals surface area contributed by atoms with Gasteiger partial charge >= 0.3 is 18.0 Å². The van der Waals surface area contributed by atoms with Crippen molar-refractivity contribution in [3.63, 3.8) is 0 Å². The minimum absolute atomic E-state index is 0.0499. The van der Waals surface area contributed by atoms with E-state index >= 15 is 0 Å². The fourth-order valence-electron chi connectivity index (χ4n) is 20.0. The summed E-state index contributed by atoms with van der Waals surface area (Å²) in [5, 5.41) is 8.41. The van der Waals surface area contributed by atoms with Gasteiger partial charge in [0.05, 0.1) is 58.4 Å². The number of hydrogen-bond donors (Lipinski definition) is 0.